The topological polar surface area (TPSA) is 90.0 Å². The number of anilines is 1. The number of hydrogen-bond acceptors (Lipinski definition) is 7. The van der Waals surface area contributed by atoms with E-state index >= 15 is 0 Å². The molecule has 1 saturated heterocycles. The Hall–Kier alpha value is -2.00. The largest absolute Gasteiger partial charge is 0.353 e. The van der Waals surface area contributed by atoms with Crippen molar-refractivity contribution in [2.24, 2.45) is 0 Å². The van der Waals surface area contributed by atoms with Crippen molar-refractivity contribution in [2.75, 3.05) is 31.1 Å². The zero-order chi connectivity index (χ0) is 18.6. The molecule has 0 spiro atoms. The van der Waals surface area contributed by atoms with Crippen LogP contribution in [0.25, 0.3) is 0 Å². The molecular formula is C18H27N7OS. The van der Waals surface area contributed by atoms with E-state index < -0.39 is 0 Å². The third kappa shape index (κ3) is 4.65. The molecule has 1 aliphatic carbocycles. The Kier molecular flexibility index (Phi) is 5.68. The summed E-state index contributed by atoms with van der Waals surface area (Å²) in [6.45, 7) is 6.74. The lowest BCUT2D eigenvalue weighted by Crippen LogP contribution is -2.46. The van der Waals surface area contributed by atoms with Crippen molar-refractivity contribution in [1.82, 2.24) is 30.4 Å². The zero-order valence-corrected chi connectivity index (χ0v) is 16.6. The van der Waals surface area contributed by atoms with E-state index in [9.17, 15) is 4.79 Å². The van der Waals surface area contributed by atoms with Crippen LogP contribution >= 0.6 is 11.3 Å². The van der Waals surface area contributed by atoms with Gasteiger partial charge in [-0.2, -0.15) is 0 Å². The predicted molar refractivity (Wildman–Crippen MR) is 105 cm³/mol. The first-order chi connectivity index (χ1) is 13.2. The number of hydrogen-bond donors (Lipinski definition) is 2. The van der Waals surface area contributed by atoms with Crippen LogP contribution in [0.5, 0.6) is 0 Å². The van der Waals surface area contributed by atoms with Crippen molar-refractivity contribution in [3.05, 3.63) is 22.7 Å². The molecule has 0 bridgehead atoms. The standard InChI is InChI=1S/C18H27N7OS/c1-13-15(20-12-19-13)11-24-6-8-25(9-7-24)18-23-22-17(27-18)10-16(26)21-14-4-2-3-5-14/h12,14H,2-11H2,1H3,(H,19,20)(H,21,26). The summed E-state index contributed by atoms with van der Waals surface area (Å²) in [7, 11) is 0. The van der Waals surface area contributed by atoms with Crippen molar-refractivity contribution < 1.29 is 4.79 Å². The molecule has 2 aromatic heterocycles. The number of aromatic nitrogens is 4. The van der Waals surface area contributed by atoms with E-state index in [0.717, 1.165) is 67.1 Å². The van der Waals surface area contributed by atoms with Crippen molar-refractivity contribution in [3.63, 3.8) is 0 Å². The average Bonchev–Trinajstić information content (AvgIpc) is 3.40. The summed E-state index contributed by atoms with van der Waals surface area (Å²) >= 11 is 1.54. The first-order valence-electron chi connectivity index (χ1n) is 9.75. The van der Waals surface area contributed by atoms with Crippen molar-refractivity contribution in [1.29, 1.82) is 0 Å². The fourth-order valence-corrected chi connectivity index (χ4v) is 4.67. The quantitative estimate of drug-likeness (QED) is 0.778. The number of amides is 1. The average molecular weight is 390 g/mol. The van der Waals surface area contributed by atoms with Gasteiger partial charge in [-0.05, 0) is 19.8 Å². The summed E-state index contributed by atoms with van der Waals surface area (Å²) in [5.41, 5.74) is 2.26. The number of H-pyrrole nitrogens is 1. The molecule has 2 aromatic rings. The van der Waals surface area contributed by atoms with E-state index in [1.165, 1.54) is 12.8 Å². The van der Waals surface area contributed by atoms with Crippen LogP contribution in [-0.2, 0) is 17.8 Å². The normalized spacial score (nSPS) is 18.9. The van der Waals surface area contributed by atoms with Crippen LogP contribution in [0.2, 0.25) is 0 Å². The summed E-state index contributed by atoms with van der Waals surface area (Å²) in [6.07, 6.45) is 6.75. The van der Waals surface area contributed by atoms with Gasteiger partial charge >= 0.3 is 0 Å². The third-order valence-electron chi connectivity index (χ3n) is 5.44. The molecule has 1 saturated carbocycles. The van der Waals surface area contributed by atoms with Crippen LogP contribution < -0.4 is 10.2 Å². The van der Waals surface area contributed by atoms with E-state index in [-0.39, 0.29) is 5.91 Å². The summed E-state index contributed by atoms with van der Waals surface area (Å²) in [5.74, 6) is 0.0730. The molecule has 146 valence electrons. The zero-order valence-electron chi connectivity index (χ0n) is 15.8. The van der Waals surface area contributed by atoms with Crippen LogP contribution in [0.3, 0.4) is 0 Å². The number of rotatable bonds is 6. The molecular weight excluding hydrogens is 362 g/mol. The van der Waals surface area contributed by atoms with Crippen LogP contribution in [0.4, 0.5) is 5.13 Å². The molecule has 0 atom stereocenters. The highest BCUT2D eigenvalue weighted by atomic mass is 32.1. The molecule has 2 fully saturated rings. The Morgan fingerprint density at radius 3 is 2.74 bits per heavy atom. The maximum absolute atomic E-state index is 12.2. The Balaban J connectivity index is 1.25. The molecule has 1 amide bonds. The number of carbonyl (C=O) groups excluding carboxylic acids is 1. The van der Waals surface area contributed by atoms with Crippen LogP contribution in [-0.4, -0.2) is 63.2 Å². The van der Waals surface area contributed by atoms with Crippen molar-refractivity contribution in [2.45, 2.75) is 51.6 Å². The Morgan fingerprint density at radius 2 is 2.04 bits per heavy atom. The van der Waals surface area contributed by atoms with Gasteiger partial charge in [-0.25, -0.2) is 4.98 Å². The molecule has 9 heteroatoms. The minimum atomic E-state index is 0.0730. The van der Waals surface area contributed by atoms with E-state index in [0.29, 0.717) is 12.5 Å². The van der Waals surface area contributed by atoms with E-state index in [2.05, 4.69) is 42.2 Å². The van der Waals surface area contributed by atoms with Crippen molar-refractivity contribution >= 4 is 22.4 Å². The molecule has 1 aliphatic heterocycles. The highest BCUT2D eigenvalue weighted by molar-refractivity contribution is 7.15. The van der Waals surface area contributed by atoms with Gasteiger partial charge in [0.2, 0.25) is 11.0 Å². The van der Waals surface area contributed by atoms with Gasteiger partial charge in [0.05, 0.1) is 18.4 Å². The van der Waals surface area contributed by atoms with E-state index in [4.69, 9.17) is 0 Å². The number of imidazole rings is 1. The highest BCUT2D eigenvalue weighted by Crippen LogP contribution is 2.23. The number of nitrogens with zero attached hydrogens (tertiary/aromatic N) is 5. The van der Waals surface area contributed by atoms with E-state index in [1.807, 2.05) is 0 Å². The molecule has 3 heterocycles. The maximum Gasteiger partial charge on any atom is 0.227 e. The summed E-state index contributed by atoms with van der Waals surface area (Å²) in [4.78, 5) is 24.4. The Morgan fingerprint density at radius 1 is 1.26 bits per heavy atom. The third-order valence-corrected chi connectivity index (χ3v) is 6.42. The molecule has 2 N–H and O–H groups in total. The molecule has 0 aromatic carbocycles. The molecule has 2 aliphatic rings. The van der Waals surface area contributed by atoms with Crippen LogP contribution in [0, 0.1) is 6.92 Å². The van der Waals surface area contributed by atoms with E-state index in [1.54, 1.807) is 17.7 Å². The molecule has 8 nitrogen and oxygen atoms in total. The second kappa shape index (κ2) is 8.35. The van der Waals surface area contributed by atoms with Crippen molar-refractivity contribution in [3.8, 4) is 0 Å². The molecule has 0 unspecified atom stereocenters. The van der Waals surface area contributed by atoms with Gasteiger partial charge in [0.15, 0.2) is 0 Å². The predicted octanol–water partition coefficient (Wildman–Crippen LogP) is 1.49. The minimum absolute atomic E-state index is 0.0730. The molecule has 0 radical (unpaired) electrons. The smallest absolute Gasteiger partial charge is 0.227 e. The summed E-state index contributed by atoms with van der Waals surface area (Å²) in [5, 5.41) is 13.4. The maximum atomic E-state index is 12.2. The highest BCUT2D eigenvalue weighted by Gasteiger charge is 2.22. The van der Waals surface area contributed by atoms with Gasteiger partial charge < -0.3 is 15.2 Å². The second-order valence-electron chi connectivity index (χ2n) is 7.44. The lowest BCUT2D eigenvalue weighted by Gasteiger charge is -2.33. The van der Waals surface area contributed by atoms with Gasteiger partial charge in [0, 0.05) is 44.5 Å². The Bertz CT molecular complexity index is 759. The van der Waals surface area contributed by atoms with Gasteiger partial charge in [-0.15, -0.1) is 10.2 Å². The summed E-state index contributed by atoms with van der Waals surface area (Å²) < 4.78 is 0. The van der Waals surface area contributed by atoms with Crippen LogP contribution in [0.1, 0.15) is 42.1 Å². The fraction of sp³-hybridized carbons (Fsp3) is 0.667. The fourth-order valence-electron chi connectivity index (χ4n) is 3.79. The number of piperazine rings is 1. The first kappa shape index (κ1) is 18.4. The Labute approximate surface area is 163 Å². The number of carbonyl (C=O) groups is 1. The van der Waals surface area contributed by atoms with Gasteiger partial charge in [0.25, 0.3) is 0 Å². The van der Waals surface area contributed by atoms with Gasteiger partial charge in [-0.3, -0.25) is 9.69 Å². The number of aryl methyl sites for hydroxylation is 1. The summed E-state index contributed by atoms with van der Waals surface area (Å²) in [6, 6.07) is 0.358. The second-order valence-corrected chi connectivity index (χ2v) is 8.48. The lowest BCUT2D eigenvalue weighted by atomic mass is 10.2. The lowest BCUT2D eigenvalue weighted by molar-refractivity contribution is -0.121. The first-order valence-corrected chi connectivity index (χ1v) is 10.6. The van der Waals surface area contributed by atoms with Gasteiger partial charge in [0.1, 0.15) is 5.01 Å². The van der Waals surface area contributed by atoms with Crippen LogP contribution in [0.15, 0.2) is 6.33 Å². The number of nitrogens with one attached hydrogen (secondary N) is 2. The monoisotopic (exact) mass is 389 g/mol. The molecule has 4 rings (SSSR count). The number of aromatic amines is 1. The molecule has 27 heavy (non-hydrogen) atoms. The van der Waals surface area contributed by atoms with Gasteiger partial charge in [-0.1, -0.05) is 24.2 Å². The minimum Gasteiger partial charge on any atom is -0.353 e. The SMILES string of the molecule is Cc1[nH]cnc1CN1CCN(c2nnc(CC(=O)NC3CCCC3)s2)CC1.